The molecule has 0 radical (unpaired) electrons. The number of benzene rings is 2. The summed E-state index contributed by atoms with van der Waals surface area (Å²) >= 11 is 5.47. The second kappa shape index (κ2) is 6.73. The molecule has 0 heterocycles. The molecule has 0 aliphatic carbocycles. The van der Waals surface area contributed by atoms with Crippen LogP contribution in [0.5, 0.6) is 0 Å². The lowest BCUT2D eigenvalue weighted by molar-refractivity contribution is 0.102. The molecule has 2 aromatic carbocycles. The van der Waals surface area contributed by atoms with Gasteiger partial charge in [0.25, 0.3) is 0 Å². The monoisotopic (exact) mass is 288 g/mol. The predicted molar refractivity (Wildman–Crippen MR) is 80.6 cm³/mol. The van der Waals surface area contributed by atoms with Crippen LogP contribution in [-0.4, -0.2) is 17.7 Å². The van der Waals surface area contributed by atoms with E-state index in [1.165, 1.54) is 0 Å². The Bertz CT molecular complexity index is 597. The van der Waals surface area contributed by atoms with Crippen LogP contribution >= 0.6 is 11.6 Å². The van der Waals surface area contributed by atoms with Crippen LogP contribution < -0.4 is 10.6 Å². The van der Waals surface area contributed by atoms with E-state index in [0.717, 1.165) is 0 Å². The second-order valence-electron chi connectivity index (χ2n) is 4.08. The summed E-state index contributed by atoms with van der Waals surface area (Å²) in [7, 11) is 0. The molecule has 0 saturated heterocycles. The number of carbonyl (C=O) groups is 2. The summed E-state index contributed by atoms with van der Waals surface area (Å²) in [5, 5.41) is 5.38. The lowest BCUT2D eigenvalue weighted by Crippen LogP contribution is -2.19. The maximum atomic E-state index is 11.7. The van der Waals surface area contributed by atoms with Gasteiger partial charge in [0.05, 0.1) is 5.88 Å². The zero-order valence-electron chi connectivity index (χ0n) is 10.6. The Labute approximate surface area is 121 Å². The average Bonchev–Trinajstić information content (AvgIpc) is 2.48. The van der Waals surface area contributed by atoms with Crippen LogP contribution in [0.15, 0.2) is 54.6 Å². The minimum Gasteiger partial charge on any atom is -0.308 e. The van der Waals surface area contributed by atoms with Gasteiger partial charge >= 0.3 is 6.03 Å². The number of carbonyl (C=O) groups excluding carboxylic acids is 2. The van der Waals surface area contributed by atoms with Gasteiger partial charge in [-0.25, -0.2) is 4.79 Å². The molecule has 0 aliphatic heterocycles. The first kappa shape index (κ1) is 14.1. The molecular formula is C15H13ClN2O2. The van der Waals surface area contributed by atoms with E-state index in [4.69, 9.17) is 11.6 Å². The fourth-order valence-corrected chi connectivity index (χ4v) is 1.79. The Morgan fingerprint density at radius 3 is 1.95 bits per heavy atom. The molecule has 2 aromatic rings. The van der Waals surface area contributed by atoms with E-state index in [0.29, 0.717) is 16.9 Å². The third-order valence-electron chi connectivity index (χ3n) is 2.62. The van der Waals surface area contributed by atoms with Crippen LogP contribution in [0.1, 0.15) is 10.4 Å². The van der Waals surface area contributed by atoms with E-state index >= 15 is 0 Å². The van der Waals surface area contributed by atoms with Gasteiger partial charge in [-0.05, 0) is 36.4 Å². The molecule has 2 N–H and O–H groups in total. The third kappa shape index (κ3) is 3.83. The number of urea groups is 1. The summed E-state index contributed by atoms with van der Waals surface area (Å²) in [6, 6.07) is 15.4. The van der Waals surface area contributed by atoms with Gasteiger partial charge in [0.15, 0.2) is 5.78 Å². The number of hydrogen-bond acceptors (Lipinski definition) is 2. The van der Waals surface area contributed by atoms with Crippen molar-refractivity contribution in [3.8, 4) is 0 Å². The van der Waals surface area contributed by atoms with Crippen molar-refractivity contribution in [3.63, 3.8) is 0 Å². The molecule has 0 bridgehead atoms. The van der Waals surface area contributed by atoms with Crippen LogP contribution in [0.4, 0.5) is 16.2 Å². The average molecular weight is 289 g/mol. The number of amides is 2. The predicted octanol–water partition coefficient (Wildman–Crippen LogP) is 3.75. The number of alkyl halides is 1. The molecule has 0 unspecified atom stereocenters. The summed E-state index contributed by atoms with van der Waals surface area (Å²) in [6.07, 6.45) is 0. The summed E-state index contributed by atoms with van der Waals surface area (Å²) in [5.74, 6) is -0.201. The van der Waals surface area contributed by atoms with Crippen LogP contribution in [0.3, 0.4) is 0 Å². The molecule has 102 valence electrons. The van der Waals surface area contributed by atoms with E-state index in [9.17, 15) is 9.59 Å². The van der Waals surface area contributed by atoms with Crippen molar-refractivity contribution in [2.75, 3.05) is 16.5 Å². The highest BCUT2D eigenvalue weighted by Gasteiger charge is 2.05. The van der Waals surface area contributed by atoms with Gasteiger partial charge in [-0.1, -0.05) is 18.2 Å². The molecular weight excluding hydrogens is 276 g/mol. The summed E-state index contributed by atoms with van der Waals surface area (Å²) in [4.78, 5) is 23.1. The standard InChI is InChI=1S/C15H13ClN2O2/c16-10-14(19)11-6-8-13(9-7-11)18-15(20)17-12-4-2-1-3-5-12/h1-9H,10H2,(H2,17,18,20). The Hall–Kier alpha value is -2.33. The molecule has 4 nitrogen and oxygen atoms in total. The van der Waals surface area contributed by atoms with Crippen LogP contribution in [0, 0.1) is 0 Å². The van der Waals surface area contributed by atoms with Crippen LogP contribution in [0.25, 0.3) is 0 Å². The summed E-state index contributed by atoms with van der Waals surface area (Å²) in [5.41, 5.74) is 1.83. The molecule has 0 aromatic heterocycles. The quantitative estimate of drug-likeness (QED) is 0.665. The maximum absolute atomic E-state index is 11.7. The Kier molecular flexibility index (Phi) is 4.74. The van der Waals surface area contributed by atoms with Crippen molar-refractivity contribution in [1.29, 1.82) is 0 Å². The molecule has 0 aliphatic rings. The van der Waals surface area contributed by atoms with E-state index in [1.807, 2.05) is 18.2 Å². The van der Waals surface area contributed by atoms with Gasteiger partial charge in [-0.2, -0.15) is 0 Å². The van der Waals surface area contributed by atoms with Crippen molar-refractivity contribution < 1.29 is 9.59 Å². The highest BCUT2D eigenvalue weighted by molar-refractivity contribution is 6.30. The number of para-hydroxylation sites is 1. The van der Waals surface area contributed by atoms with Crippen molar-refractivity contribution in [2.24, 2.45) is 0 Å². The van der Waals surface area contributed by atoms with E-state index < -0.39 is 0 Å². The van der Waals surface area contributed by atoms with Gasteiger partial charge in [0.2, 0.25) is 0 Å². The van der Waals surface area contributed by atoms with Gasteiger partial charge in [-0.3, -0.25) is 4.79 Å². The molecule has 0 spiro atoms. The highest BCUT2D eigenvalue weighted by atomic mass is 35.5. The number of halogens is 1. The molecule has 0 saturated carbocycles. The normalized spacial score (nSPS) is 9.85. The summed E-state index contributed by atoms with van der Waals surface area (Å²) < 4.78 is 0. The van der Waals surface area contributed by atoms with Gasteiger partial charge in [0, 0.05) is 16.9 Å². The minimum absolute atomic E-state index is 0.0543. The molecule has 5 heteroatoms. The van der Waals surface area contributed by atoms with Crippen molar-refractivity contribution in [3.05, 3.63) is 60.2 Å². The molecule has 20 heavy (non-hydrogen) atoms. The Morgan fingerprint density at radius 2 is 1.40 bits per heavy atom. The van der Waals surface area contributed by atoms with Crippen molar-refractivity contribution in [2.45, 2.75) is 0 Å². The molecule has 2 amide bonds. The number of anilines is 2. The Balaban J connectivity index is 1.96. The Morgan fingerprint density at radius 1 is 0.850 bits per heavy atom. The van der Waals surface area contributed by atoms with Crippen molar-refractivity contribution in [1.82, 2.24) is 0 Å². The van der Waals surface area contributed by atoms with E-state index in [1.54, 1.807) is 36.4 Å². The number of nitrogens with one attached hydrogen (secondary N) is 2. The van der Waals surface area contributed by atoms with E-state index in [-0.39, 0.29) is 17.7 Å². The van der Waals surface area contributed by atoms with E-state index in [2.05, 4.69) is 10.6 Å². The topological polar surface area (TPSA) is 58.2 Å². The van der Waals surface area contributed by atoms with Crippen molar-refractivity contribution >= 4 is 34.8 Å². The number of rotatable bonds is 4. The smallest absolute Gasteiger partial charge is 0.308 e. The molecule has 0 fully saturated rings. The number of hydrogen-bond donors (Lipinski definition) is 2. The largest absolute Gasteiger partial charge is 0.323 e. The minimum atomic E-state index is -0.340. The number of Topliss-reactive ketones (excluding diaryl/α,β-unsaturated/α-hetero) is 1. The lowest BCUT2D eigenvalue weighted by atomic mass is 10.1. The highest BCUT2D eigenvalue weighted by Crippen LogP contribution is 2.12. The zero-order valence-corrected chi connectivity index (χ0v) is 11.4. The fraction of sp³-hybridized carbons (Fsp3) is 0.0667. The first-order valence-electron chi connectivity index (χ1n) is 6.01. The third-order valence-corrected chi connectivity index (χ3v) is 2.86. The molecule has 2 rings (SSSR count). The van der Waals surface area contributed by atoms with Gasteiger partial charge in [0.1, 0.15) is 0 Å². The first-order valence-corrected chi connectivity index (χ1v) is 6.55. The zero-order chi connectivity index (χ0) is 14.4. The van der Waals surface area contributed by atoms with Crippen LogP contribution in [0.2, 0.25) is 0 Å². The SMILES string of the molecule is O=C(Nc1ccccc1)Nc1ccc(C(=O)CCl)cc1. The van der Waals surface area contributed by atoms with Gasteiger partial charge < -0.3 is 10.6 Å². The summed E-state index contributed by atoms with van der Waals surface area (Å²) in [6.45, 7) is 0. The number of ketones is 1. The molecule has 0 atom stereocenters. The first-order chi connectivity index (χ1) is 9.69. The maximum Gasteiger partial charge on any atom is 0.323 e. The fourth-order valence-electron chi connectivity index (χ4n) is 1.63. The van der Waals surface area contributed by atoms with Gasteiger partial charge in [-0.15, -0.1) is 11.6 Å². The lowest BCUT2D eigenvalue weighted by Gasteiger charge is -2.07. The second-order valence-corrected chi connectivity index (χ2v) is 4.35. The van der Waals surface area contributed by atoms with Crippen LogP contribution in [-0.2, 0) is 0 Å².